The van der Waals surface area contributed by atoms with Crippen molar-refractivity contribution in [2.24, 2.45) is 11.1 Å². The number of hydrogen-bond acceptors (Lipinski definition) is 3. The monoisotopic (exact) mass is 274 g/mol. The molecule has 0 spiro atoms. The van der Waals surface area contributed by atoms with E-state index in [1.807, 2.05) is 25.6 Å². The molecule has 0 aliphatic carbocycles. The molecule has 0 radical (unpaired) electrons. The van der Waals surface area contributed by atoms with Gasteiger partial charge in [0.2, 0.25) is 5.91 Å². The van der Waals surface area contributed by atoms with Gasteiger partial charge in [-0.05, 0) is 31.4 Å². The zero-order chi connectivity index (χ0) is 12.9. The van der Waals surface area contributed by atoms with Crippen LogP contribution in [0.2, 0.25) is 0 Å². The number of carbonyl (C=O) groups is 1. The molecule has 3 N–H and O–H groups in total. The summed E-state index contributed by atoms with van der Waals surface area (Å²) in [6.07, 6.45) is 3.79. The first-order valence-electron chi connectivity index (χ1n) is 6.26. The summed E-state index contributed by atoms with van der Waals surface area (Å²) in [7, 11) is 0. The maximum Gasteiger partial charge on any atom is 0.233 e. The summed E-state index contributed by atoms with van der Waals surface area (Å²) in [6.45, 7) is 4.67. The van der Waals surface area contributed by atoms with E-state index in [0.717, 1.165) is 6.54 Å². The number of thiocarbonyl (C=S) groups is 1. The molecular formula is C12H22N2OS2. The number of nitrogens with one attached hydrogen (secondary N) is 1. The number of rotatable bonds is 6. The molecule has 3 nitrogen and oxygen atoms in total. The zero-order valence-electron chi connectivity index (χ0n) is 10.6. The Balaban J connectivity index is 2.56. The predicted molar refractivity (Wildman–Crippen MR) is 78.3 cm³/mol. The van der Waals surface area contributed by atoms with Crippen molar-refractivity contribution in [1.82, 2.24) is 5.32 Å². The van der Waals surface area contributed by atoms with Crippen LogP contribution in [0.3, 0.4) is 0 Å². The summed E-state index contributed by atoms with van der Waals surface area (Å²) in [6, 6.07) is 0. The number of carbonyl (C=O) groups excluding carboxylic acids is 1. The fourth-order valence-corrected chi connectivity index (χ4v) is 3.80. The van der Waals surface area contributed by atoms with Crippen LogP contribution in [-0.2, 0) is 4.79 Å². The third-order valence-corrected chi connectivity index (χ3v) is 5.42. The van der Waals surface area contributed by atoms with Crippen LogP contribution in [0, 0.1) is 5.41 Å². The van der Waals surface area contributed by atoms with Gasteiger partial charge in [0.05, 0.1) is 10.4 Å². The summed E-state index contributed by atoms with van der Waals surface area (Å²) in [5.74, 6) is 1.21. The highest BCUT2D eigenvalue weighted by Gasteiger charge is 2.38. The molecule has 1 heterocycles. The molecule has 0 aromatic carbocycles. The van der Waals surface area contributed by atoms with Gasteiger partial charge in [-0.1, -0.05) is 26.1 Å². The molecule has 0 saturated carbocycles. The molecule has 1 atom stereocenters. The van der Waals surface area contributed by atoms with Crippen LogP contribution in [0.5, 0.6) is 0 Å². The molecule has 1 amide bonds. The Bertz CT molecular complexity index is 284. The molecule has 0 aromatic rings. The van der Waals surface area contributed by atoms with Crippen molar-refractivity contribution in [1.29, 1.82) is 0 Å². The lowest BCUT2D eigenvalue weighted by atomic mass is 9.81. The first kappa shape index (κ1) is 14.8. The van der Waals surface area contributed by atoms with E-state index in [9.17, 15) is 4.79 Å². The molecule has 98 valence electrons. The Hall–Kier alpha value is -0.290. The molecule has 1 saturated heterocycles. The second kappa shape index (κ2) is 6.59. The first-order valence-corrected chi connectivity index (χ1v) is 7.72. The number of hydrogen-bond donors (Lipinski definition) is 2. The largest absolute Gasteiger partial charge is 0.392 e. The third kappa shape index (κ3) is 3.35. The topological polar surface area (TPSA) is 55.1 Å². The minimum Gasteiger partial charge on any atom is -0.392 e. The van der Waals surface area contributed by atoms with Gasteiger partial charge in [0.25, 0.3) is 0 Å². The standard InChI is InChI=1S/C12H22N2OS2/c1-3-12(4-2,10(13)16)11(15)14-8-9-6-5-7-17-9/h9H,3-8H2,1-2H3,(H2,13,16)(H,14,15). The van der Waals surface area contributed by atoms with Crippen LogP contribution in [0.25, 0.3) is 0 Å². The van der Waals surface area contributed by atoms with Gasteiger partial charge in [-0.15, -0.1) is 0 Å². The van der Waals surface area contributed by atoms with Crippen molar-refractivity contribution in [3.8, 4) is 0 Å². The van der Waals surface area contributed by atoms with Crippen molar-refractivity contribution in [3.63, 3.8) is 0 Å². The van der Waals surface area contributed by atoms with Gasteiger partial charge < -0.3 is 11.1 Å². The van der Waals surface area contributed by atoms with E-state index in [4.69, 9.17) is 18.0 Å². The van der Waals surface area contributed by atoms with Gasteiger partial charge in [-0.2, -0.15) is 11.8 Å². The van der Waals surface area contributed by atoms with Crippen LogP contribution in [0.4, 0.5) is 0 Å². The molecular weight excluding hydrogens is 252 g/mol. The maximum absolute atomic E-state index is 12.2. The van der Waals surface area contributed by atoms with Crippen molar-refractivity contribution in [2.45, 2.75) is 44.8 Å². The van der Waals surface area contributed by atoms with Crippen molar-refractivity contribution in [3.05, 3.63) is 0 Å². The van der Waals surface area contributed by atoms with Crippen molar-refractivity contribution in [2.75, 3.05) is 12.3 Å². The van der Waals surface area contributed by atoms with Gasteiger partial charge in [0.1, 0.15) is 0 Å². The third-order valence-electron chi connectivity index (χ3n) is 3.63. The minimum absolute atomic E-state index is 0.00231. The molecule has 17 heavy (non-hydrogen) atoms. The van der Waals surface area contributed by atoms with Crippen LogP contribution in [0.15, 0.2) is 0 Å². The second-order valence-corrected chi connectivity index (χ2v) is 6.35. The van der Waals surface area contributed by atoms with E-state index in [-0.39, 0.29) is 5.91 Å². The minimum atomic E-state index is -0.654. The van der Waals surface area contributed by atoms with E-state index >= 15 is 0 Å². The van der Waals surface area contributed by atoms with E-state index < -0.39 is 5.41 Å². The molecule has 1 aliphatic heterocycles. The van der Waals surface area contributed by atoms with Gasteiger partial charge in [0, 0.05) is 11.8 Å². The van der Waals surface area contributed by atoms with E-state index in [1.165, 1.54) is 18.6 Å². The summed E-state index contributed by atoms with van der Waals surface area (Å²) >= 11 is 7.00. The highest BCUT2D eigenvalue weighted by atomic mass is 32.2. The Morgan fingerprint density at radius 2 is 2.18 bits per heavy atom. The summed E-state index contributed by atoms with van der Waals surface area (Å²) in [4.78, 5) is 12.6. The molecule has 0 aromatic heterocycles. The molecule has 1 unspecified atom stereocenters. The molecule has 1 aliphatic rings. The molecule has 5 heteroatoms. The smallest absolute Gasteiger partial charge is 0.233 e. The lowest BCUT2D eigenvalue weighted by Crippen LogP contribution is -2.49. The van der Waals surface area contributed by atoms with E-state index in [1.54, 1.807) is 0 Å². The SMILES string of the molecule is CCC(CC)(C(=O)NCC1CCCS1)C(N)=S. The Morgan fingerprint density at radius 1 is 1.53 bits per heavy atom. The highest BCUT2D eigenvalue weighted by Crippen LogP contribution is 2.28. The molecule has 1 fully saturated rings. The van der Waals surface area contributed by atoms with Gasteiger partial charge in [-0.3, -0.25) is 4.79 Å². The average Bonchev–Trinajstić information content (AvgIpc) is 2.81. The quantitative estimate of drug-likeness (QED) is 0.728. The lowest BCUT2D eigenvalue weighted by molar-refractivity contribution is -0.127. The van der Waals surface area contributed by atoms with Gasteiger partial charge in [-0.25, -0.2) is 0 Å². The number of thioether (sulfide) groups is 1. The number of amides is 1. The van der Waals surface area contributed by atoms with Crippen molar-refractivity contribution < 1.29 is 4.79 Å². The fraction of sp³-hybridized carbons (Fsp3) is 0.833. The average molecular weight is 274 g/mol. The Morgan fingerprint density at radius 3 is 2.59 bits per heavy atom. The predicted octanol–water partition coefficient (Wildman–Crippen LogP) is 2.09. The van der Waals surface area contributed by atoms with Crippen molar-refractivity contribution >= 4 is 34.9 Å². The molecule has 0 bridgehead atoms. The van der Waals surface area contributed by atoms with Crippen LogP contribution in [-0.4, -0.2) is 28.4 Å². The first-order chi connectivity index (χ1) is 8.06. The molecule has 1 rings (SSSR count). The lowest BCUT2D eigenvalue weighted by Gasteiger charge is -2.29. The summed E-state index contributed by atoms with van der Waals surface area (Å²) < 4.78 is 0. The summed E-state index contributed by atoms with van der Waals surface area (Å²) in [5, 5.41) is 3.59. The number of nitrogens with two attached hydrogens (primary N) is 1. The van der Waals surface area contributed by atoms with Gasteiger partial charge in [0.15, 0.2) is 0 Å². The summed E-state index contributed by atoms with van der Waals surface area (Å²) in [5.41, 5.74) is 5.09. The maximum atomic E-state index is 12.2. The Kier molecular flexibility index (Phi) is 5.73. The van der Waals surface area contributed by atoms with E-state index in [2.05, 4.69) is 5.32 Å². The second-order valence-electron chi connectivity index (χ2n) is 4.50. The Labute approximate surface area is 113 Å². The van der Waals surface area contributed by atoms with Gasteiger partial charge >= 0.3 is 0 Å². The van der Waals surface area contributed by atoms with Crippen LogP contribution in [0.1, 0.15) is 39.5 Å². The van der Waals surface area contributed by atoms with E-state index in [0.29, 0.717) is 23.1 Å². The zero-order valence-corrected chi connectivity index (χ0v) is 12.3. The normalized spacial score (nSPS) is 20.2. The fourth-order valence-electron chi connectivity index (χ4n) is 2.21. The van der Waals surface area contributed by atoms with Crippen LogP contribution >= 0.6 is 24.0 Å². The van der Waals surface area contributed by atoms with Crippen LogP contribution < -0.4 is 11.1 Å². The highest BCUT2D eigenvalue weighted by molar-refractivity contribution is 8.00.